The summed E-state index contributed by atoms with van der Waals surface area (Å²) in [5, 5.41) is 14.1. The summed E-state index contributed by atoms with van der Waals surface area (Å²) in [6, 6.07) is 14.6. The minimum absolute atomic E-state index is 0.0156. The van der Waals surface area contributed by atoms with Crippen molar-refractivity contribution in [3.05, 3.63) is 101 Å². The first-order valence-corrected chi connectivity index (χ1v) is 9.54. The molecule has 2 amide bonds. The predicted molar refractivity (Wildman–Crippen MR) is 117 cm³/mol. The van der Waals surface area contributed by atoms with Gasteiger partial charge in [0.1, 0.15) is 23.1 Å². The number of carbonyl (C=O) groups excluding carboxylic acids is 2. The van der Waals surface area contributed by atoms with E-state index in [1.165, 1.54) is 37.4 Å². The molecule has 9 heteroatoms. The molecule has 0 bridgehead atoms. The van der Waals surface area contributed by atoms with E-state index in [0.717, 1.165) is 18.2 Å². The summed E-state index contributed by atoms with van der Waals surface area (Å²) in [6.07, 6.45) is 1.04. The van der Waals surface area contributed by atoms with Crippen molar-refractivity contribution in [2.75, 3.05) is 12.4 Å². The Balaban J connectivity index is 1.99. The Bertz CT molecular complexity index is 1240. The van der Waals surface area contributed by atoms with Crippen molar-refractivity contribution >= 4 is 29.5 Å². The van der Waals surface area contributed by atoms with Gasteiger partial charge in [-0.05, 0) is 48.5 Å². The first kappa shape index (κ1) is 23.1. The number of hydrogen-bond acceptors (Lipinski definition) is 4. The SMILES string of the molecule is COc1ccc(C(=O)O)cc1NC(=O)/C(=C\c1ccc(F)cc1F)NC(=O)c1ccccc1. The van der Waals surface area contributed by atoms with E-state index in [-0.39, 0.29) is 33.8 Å². The zero-order valence-corrected chi connectivity index (χ0v) is 17.3. The fourth-order valence-electron chi connectivity index (χ4n) is 2.84. The van der Waals surface area contributed by atoms with Gasteiger partial charge in [-0.2, -0.15) is 0 Å². The number of ether oxygens (including phenoxy) is 1. The van der Waals surface area contributed by atoms with Crippen molar-refractivity contribution in [1.82, 2.24) is 5.32 Å². The van der Waals surface area contributed by atoms with Crippen LogP contribution in [-0.2, 0) is 4.79 Å². The lowest BCUT2D eigenvalue weighted by Gasteiger charge is -2.14. The molecule has 168 valence electrons. The molecular weight excluding hydrogens is 434 g/mol. The first-order chi connectivity index (χ1) is 15.8. The smallest absolute Gasteiger partial charge is 0.335 e. The highest BCUT2D eigenvalue weighted by Crippen LogP contribution is 2.26. The minimum atomic E-state index is -1.23. The van der Waals surface area contributed by atoms with Crippen LogP contribution in [0.5, 0.6) is 5.75 Å². The highest BCUT2D eigenvalue weighted by atomic mass is 19.1. The summed E-state index contributed by atoms with van der Waals surface area (Å²) >= 11 is 0. The molecule has 0 unspecified atom stereocenters. The zero-order chi connectivity index (χ0) is 24.0. The van der Waals surface area contributed by atoms with Crippen LogP contribution in [-0.4, -0.2) is 30.0 Å². The van der Waals surface area contributed by atoms with Gasteiger partial charge in [0, 0.05) is 17.2 Å². The largest absolute Gasteiger partial charge is 0.495 e. The third-order valence-corrected chi connectivity index (χ3v) is 4.49. The van der Waals surface area contributed by atoms with Crippen molar-refractivity contribution in [1.29, 1.82) is 0 Å². The van der Waals surface area contributed by atoms with E-state index in [9.17, 15) is 28.3 Å². The van der Waals surface area contributed by atoms with E-state index in [4.69, 9.17) is 4.74 Å². The van der Waals surface area contributed by atoms with E-state index < -0.39 is 29.4 Å². The van der Waals surface area contributed by atoms with Gasteiger partial charge in [0.25, 0.3) is 11.8 Å². The van der Waals surface area contributed by atoms with Gasteiger partial charge in [-0.25, -0.2) is 13.6 Å². The van der Waals surface area contributed by atoms with Crippen LogP contribution >= 0.6 is 0 Å². The summed E-state index contributed by atoms with van der Waals surface area (Å²) < 4.78 is 32.6. The summed E-state index contributed by atoms with van der Waals surface area (Å²) in [6.45, 7) is 0. The van der Waals surface area contributed by atoms with Gasteiger partial charge < -0.3 is 20.5 Å². The number of carboxylic acids is 1. The second kappa shape index (κ2) is 10.2. The zero-order valence-electron chi connectivity index (χ0n) is 17.3. The van der Waals surface area contributed by atoms with E-state index in [1.54, 1.807) is 18.2 Å². The fourth-order valence-corrected chi connectivity index (χ4v) is 2.84. The molecule has 0 saturated carbocycles. The van der Waals surface area contributed by atoms with E-state index in [2.05, 4.69) is 10.6 Å². The van der Waals surface area contributed by atoms with Gasteiger partial charge in [-0.1, -0.05) is 18.2 Å². The lowest BCUT2D eigenvalue weighted by molar-refractivity contribution is -0.113. The number of rotatable bonds is 7. The summed E-state index contributed by atoms with van der Waals surface area (Å²) in [5.41, 5.74) is -0.379. The maximum atomic E-state index is 14.2. The van der Waals surface area contributed by atoms with Gasteiger partial charge in [0.05, 0.1) is 18.4 Å². The highest BCUT2D eigenvalue weighted by molar-refractivity contribution is 6.11. The topological polar surface area (TPSA) is 105 Å². The molecule has 0 saturated heterocycles. The van der Waals surface area contributed by atoms with E-state index >= 15 is 0 Å². The normalized spacial score (nSPS) is 10.9. The number of benzene rings is 3. The number of aromatic carboxylic acids is 1. The van der Waals surface area contributed by atoms with E-state index in [0.29, 0.717) is 6.07 Å². The maximum absolute atomic E-state index is 14.2. The summed E-state index contributed by atoms with van der Waals surface area (Å²) in [7, 11) is 1.33. The monoisotopic (exact) mass is 452 g/mol. The van der Waals surface area contributed by atoms with Crippen molar-refractivity contribution in [2.24, 2.45) is 0 Å². The molecule has 7 nitrogen and oxygen atoms in total. The first-order valence-electron chi connectivity index (χ1n) is 9.54. The van der Waals surface area contributed by atoms with Crippen LogP contribution in [0.15, 0.2) is 72.4 Å². The quantitative estimate of drug-likeness (QED) is 0.469. The Morgan fingerprint density at radius 1 is 0.939 bits per heavy atom. The van der Waals surface area contributed by atoms with Gasteiger partial charge in [-0.15, -0.1) is 0 Å². The average molecular weight is 452 g/mol. The number of nitrogens with one attached hydrogen (secondary N) is 2. The van der Waals surface area contributed by atoms with Crippen LogP contribution < -0.4 is 15.4 Å². The van der Waals surface area contributed by atoms with E-state index in [1.807, 2.05) is 0 Å². The molecule has 3 aromatic rings. The predicted octanol–water partition coefficient (Wildman–Crippen LogP) is 4.08. The molecule has 3 aromatic carbocycles. The molecule has 0 aliphatic rings. The summed E-state index contributed by atoms with van der Waals surface area (Å²) in [5.74, 6) is -4.35. The summed E-state index contributed by atoms with van der Waals surface area (Å²) in [4.78, 5) is 36.9. The number of hydrogen-bond donors (Lipinski definition) is 3. The Hall–Kier alpha value is -4.53. The Labute approximate surface area is 187 Å². The number of halogens is 2. The molecule has 0 aromatic heterocycles. The number of carbonyl (C=O) groups is 3. The molecule has 33 heavy (non-hydrogen) atoms. The standard InChI is InChI=1S/C24H18F2N2O5/c1-33-21-10-8-16(24(31)32)12-19(21)27-23(30)20(11-15-7-9-17(25)13-18(15)26)28-22(29)14-5-3-2-4-6-14/h2-13H,1H3,(H,27,30)(H,28,29)(H,31,32)/b20-11+. The van der Waals surface area contributed by atoms with Gasteiger partial charge in [-0.3, -0.25) is 9.59 Å². The molecule has 0 aliphatic heterocycles. The fraction of sp³-hybridized carbons (Fsp3) is 0.0417. The number of carboxylic acid groups (broad SMARTS) is 1. The third kappa shape index (κ3) is 5.79. The minimum Gasteiger partial charge on any atom is -0.495 e. The van der Waals surface area contributed by atoms with Crippen molar-refractivity contribution in [3.63, 3.8) is 0 Å². The van der Waals surface area contributed by atoms with Crippen molar-refractivity contribution in [2.45, 2.75) is 0 Å². The molecule has 0 spiro atoms. The Kier molecular flexibility index (Phi) is 7.14. The second-order valence-corrected chi connectivity index (χ2v) is 6.72. The van der Waals surface area contributed by atoms with Crippen molar-refractivity contribution in [3.8, 4) is 5.75 Å². The average Bonchev–Trinajstić information content (AvgIpc) is 2.80. The molecule has 0 radical (unpaired) electrons. The second-order valence-electron chi connectivity index (χ2n) is 6.72. The molecule has 3 N–H and O–H groups in total. The molecule has 0 heterocycles. The highest BCUT2D eigenvalue weighted by Gasteiger charge is 2.18. The van der Waals surface area contributed by atoms with Crippen LogP contribution in [0.3, 0.4) is 0 Å². The van der Waals surface area contributed by atoms with Crippen LogP contribution in [0.2, 0.25) is 0 Å². The number of methoxy groups -OCH3 is 1. The van der Waals surface area contributed by atoms with Crippen LogP contribution in [0.4, 0.5) is 14.5 Å². The third-order valence-electron chi connectivity index (χ3n) is 4.49. The van der Waals surface area contributed by atoms with Crippen LogP contribution in [0, 0.1) is 11.6 Å². The van der Waals surface area contributed by atoms with Crippen LogP contribution in [0.1, 0.15) is 26.3 Å². The molecule has 0 atom stereocenters. The lowest BCUT2D eigenvalue weighted by Crippen LogP contribution is -2.31. The molecule has 0 fully saturated rings. The molecule has 0 aliphatic carbocycles. The number of amides is 2. The van der Waals surface area contributed by atoms with Gasteiger partial charge >= 0.3 is 5.97 Å². The molecule has 3 rings (SSSR count). The molecular formula is C24H18F2N2O5. The van der Waals surface area contributed by atoms with Gasteiger partial charge in [0.15, 0.2) is 0 Å². The Morgan fingerprint density at radius 3 is 2.30 bits per heavy atom. The maximum Gasteiger partial charge on any atom is 0.335 e. The lowest BCUT2D eigenvalue weighted by atomic mass is 10.1. The van der Waals surface area contributed by atoms with Gasteiger partial charge in [0.2, 0.25) is 0 Å². The Morgan fingerprint density at radius 2 is 1.67 bits per heavy atom. The number of anilines is 1. The van der Waals surface area contributed by atoms with Crippen molar-refractivity contribution < 1.29 is 33.0 Å². The van der Waals surface area contributed by atoms with Crippen LogP contribution in [0.25, 0.3) is 6.08 Å².